The van der Waals surface area contributed by atoms with Gasteiger partial charge in [-0.15, -0.1) is 0 Å². The van der Waals surface area contributed by atoms with E-state index in [0.717, 1.165) is 23.9 Å². The van der Waals surface area contributed by atoms with Crippen LogP contribution in [0.15, 0.2) is 0 Å². The molecule has 1 saturated heterocycles. The molecule has 1 heterocycles. The highest BCUT2D eigenvalue weighted by Gasteiger charge is 2.34. The van der Waals surface area contributed by atoms with Gasteiger partial charge in [-0.25, -0.2) is 0 Å². The molecule has 70 valence electrons. The van der Waals surface area contributed by atoms with Crippen LogP contribution in [0.3, 0.4) is 0 Å². The van der Waals surface area contributed by atoms with Gasteiger partial charge in [0.25, 0.3) is 0 Å². The van der Waals surface area contributed by atoms with Gasteiger partial charge in [-0.2, -0.15) is 0 Å². The fourth-order valence-electron chi connectivity index (χ4n) is 3.21. The summed E-state index contributed by atoms with van der Waals surface area (Å²) in [7, 11) is 0. The molecule has 1 nitrogen and oxygen atoms in total. The third-order valence-electron chi connectivity index (χ3n) is 3.77. The summed E-state index contributed by atoms with van der Waals surface area (Å²) in [4.78, 5) is 0. The van der Waals surface area contributed by atoms with Gasteiger partial charge in [0.05, 0.1) is 0 Å². The maximum absolute atomic E-state index is 3.75. The van der Waals surface area contributed by atoms with E-state index in [2.05, 4.69) is 19.2 Å². The molecule has 0 aromatic carbocycles. The molecule has 0 aromatic rings. The second-order valence-corrected chi connectivity index (χ2v) is 4.84. The maximum atomic E-state index is 3.75. The number of hydrogen-bond acceptors (Lipinski definition) is 1. The summed E-state index contributed by atoms with van der Waals surface area (Å²) in [5.74, 6) is 1.96. The first-order valence-corrected chi connectivity index (χ1v) is 5.53. The predicted molar refractivity (Wildman–Crippen MR) is 52.1 cm³/mol. The zero-order valence-corrected chi connectivity index (χ0v) is 8.34. The van der Waals surface area contributed by atoms with E-state index in [1.165, 1.54) is 32.1 Å². The Morgan fingerprint density at radius 1 is 1.08 bits per heavy atom. The van der Waals surface area contributed by atoms with Crippen LogP contribution in [-0.4, -0.2) is 12.1 Å². The summed E-state index contributed by atoms with van der Waals surface area (Å²) in [6.45, 7) is 4.78. The van der Waals surface area contributed by atoms with Gasteiger partial charge < -0.3 is 5.32 Å². The third-order valence-corrected chi connectivity index (χ3v) is 3.77. The minimum atomic E-state index is 0.763. The smallest absolute Gasteiger partial charge is 0.0100 e. The van der Waals surface area contributed by atoms with Crippen molar-refractivity contribution in [3.63, 3.8) is 0 Å². The standard InChI is InChI=1S/C11H21N/c1-8-7-9(2)12-11-6-4-3-5-10(8)11/h8-12H,3-7H2,1-2H3. The first kappa shape index (κ1) is 8.55. The molecule has 0 aromatic heterocycles. The lowest BCUT2D eigenvalue weighted by Gasteiger charge is -2.43. The van der Waals surface area contributed by atoms with Crippen molar-refractivity contribution in [2.45, 2.75) is 58.0 Å². The Balaban J connectivity index is 2.01. The highest BCUT2D eigenvalue weighted by atomic mass is 15.0. The van der Waals surface area contributed by atoms with Crippen LogP contribution in [0.1, 0.15) is 46.0 Å². The van der Waals surface area contributed by atoms with E-state index < -0.39 is 0 Å². The fourth-order valence-corrected chi connectivity index (χ4v) is 3.21. The van der Waals surface area contributed by atoms with E-state index in [1.807, 2.05) is 0 Å². The quantitative estimate of drug-likeness (QED) is 0.584. The lowest BCUT2D eigenvalue weighted by molar-refractivity contribution is 0.124. The van der Waals surface area contributed by atoms with Crippen molar-refractivity contribution in [3.05, 3.63) is 0 Å². The highest BCUT2D eigenvalue weighted by molar-refractivity contribution is 4.90. The Labute approximate surface area is 75.9 Å². The van der Waals surface area contributed by atoms with Crippen LogP contribution >= 0.6 is 0 Å². The minimum absolute atomic E-state index is 0.763. The highest BCUT2D eigenvalue weighted by Crippen LogP contribution is 2.35. The summed E-state index contributed by atoms with van der Waals surface area (Å²) >= 11 is 0. The Hall–Kier alpha value is -0.0400. The Kier molecular flexibility index (Phi) is 2.40. The summed E-state index contributed by atoms with van der Waals surface area (Å²) in [6, 6.07) is 1.62. The molecule has 1 aliphatic carbocycles. The molecule has 2 rings (SSSR count). The molecule has 0 spiro atoms. The molecule has 1 heteroatoms. The van der Waals surface area contributed by atoms with Crippen molar-refractivity contribution in [1.29, 1.82) is 0 Å². The summed E-state index contributed by atoms with van der Waals surface area (Å²) in [6.07, 6.45) is 7.22. The molecule has 0 amide bonds. The predicted octanol–water partition coefficient (Wildman–Crippen LogP) is 2.56. The minimum Gasteiger partial charge on any atom is -0.311 e. The van der Waals surface area contributed by atoms with Gasteiger partial charge in [-0.3, -0.25) is 0 Å². The van der Waals surface area contributed by atoms with Gasteiger partial charge >= 0.3 is 0 Å². The summed E-state index contributed by atoms with van der Waals surface area (Å²) in [5, 5.41) is 3.75. The molecule has 0 bridgehead atoms. The van der Waals surface area contributed by atoms with Crippen LogP contribution in [0, 0.1) is 11.8 Å². The molecular formula is C11H21N. The monoisotopic (exact) mass is 167 g/mol. The molecule has 2 fully saturated rings. The van der Waals surface area contributed by atoms with Gasteiger partial charge in [0, 0.05) is 12.1 Å². The average Bonchev–Trinajstić information content (AvgIpc) is 2.04. The zero-order valence-electron chi connectivity index (χ0n) is 8.34. The van der Waals surface area contributed by atoms with Crippen LogP contribution in [0.4, 0.5) is 0 Å². The Bertz CT molecular complexity index is 155. The normalized spacial score (nSPS) is 48.5. The van der Waals surface area contributed by atoms with Crippen LogP contribution in [0.2, 0.25) is 0 Å². The molecular weight excluding hydrogens is 146 g/mol. The number of rotatable bonds is 0. The van der Waals surface area contributed by atoms with E-state index in [9.17, 15) is 0 Å². The van der Waals surface area contributed by atoms with E-state index in [4.69, 9.17) is 0 Å². The molecule has 4 atom stereocenters. The first-order valence-electron chi connectivity index (χ1n) is 5.53. The van der Waals surface area contributed by atoms with E-state index >= 15 is 0 Å². The second kappa shape index (κ2) is 3.37. The Morgan fingerprint density at radius 3 is 2.67 bits per heavy atom. The molecule has 4 unspecified atom stereocenters. The number of hydrogen-bond donors (Lipinski definition) is 1. The second-order valence-electron chi connectivity index (χ2n) is 4.84. The van der Waals surface area contributed by atoms with Crippen molar-refractivity contribution < 1.29 is 0 Å². The van der Waals surface area contributed by atoms with Crippen LogP contribution in [-0.2, 0) is 0 Å². The number of piperidine rings is 1. The molecule has 1 saturated carbocycles. The number of fused-ring (bicyclic) bond motifs is 1. The molecule has 0 radical (unpaired) electrons. The van der Waals surface area contributed by atoms with E-state index in [1.54, 1.807) is 0 Å². The van der Waals surface area contributed by atoms with Crippen molar-refractivity contribution in [3.8, 4) is 0 Å². The van der Waals surface area contributed by atoms with Crippen molar-refractivity contribution in [2.75, 3.05) is 0 Å². The van der Waals surface area contributed by atoms with Gasteiger partial charge in [-0.1, -0.05) is 19.8 Å². The van der Waals surface area contributed by atoms with Crippen molar-refractivity contribution in [1.82, 2.24) is 5.32 Å². The van der Waals surface area contributed by atoms with Gasteiger partial charge in [0.15, 0.2) is 0 Å². The van der Waals surface area contributed by atoms with Crippen molar-refractivity contribution in [2.24, 2.45) is 11.8 Å². The van der Waals surface area contributed by atoms with Crippen molar-refractivity contribution >= 4 is 0 Å². The topological polar surface area (TPSA) is 12.0 Å². The van der Waals surface area contributed by atoms with Crippen LogP contribution in [0.25, 0.3) is 0 Å². The summed E-state index contributed by atoms with van der Waals surface area (Å²) in [5.41, 5.74) is 0. The van der Waals surface area contributed by atoms with E-state index in [0.29, 0.717) is 0 Å². The largest absolute Gasteiger partial charge is 0.311 e. The van der Waals surface area contributed by atoms with E-state index in [-0.39, 0.29) is 0 Å². The average molecular weight is 167 g/mol. The van der Waals surface area contributed by atoms with Gasteiger partial charge in [0.1, 0.15) is 0 Å². The van der Waals surface area contributed by atoms with Gasteiger partial charge in [0.2, 0.25) is 0 Å². The SMILES string of the molecule is CC1CC(C)C2CCCCC2N1. The van der Waals surface area contributed by atoms with Crippen LogP contribution in [0.5, 0.6) is 0 Å². The maximum Gasteiger partial charge on any atom is 0.0100 e. The third kappa shape index (κ3) is 1.52. The molecule has 12 heavy (non-hydrogen) atoms. The number of nitrogens with one attached hydrogen (secondary N) is 1. The summed E-state index contributed by atoms with van der Waals surface area (Å²) < 4.78 is 0. The fraction of sp³-hybridized carbons (Fsp3) is 1.00. The molecule has 1 aliphatic heterocycles. The lowest BCUT2D eigenvalue weighted by Crippen LogP contribution is -2.51. The van der Waals surface area contributed by atoms with Gasteiger partial charge in [-0.05, 0) is 38.0 Å². The lowest BCUT2D eigenvalue weighted by atomic mass is 9.72. The molecule has 1 N–H and O–H groups in total. The Morgan fingerprint density at radius 2 is 1.83 bits per heavy atom. The first-order chi connectivity index (χ1) is 5.77. The molecule has 2 aliphatic rings. The zero-order chi connectivity index (χ0) is 8.55. The van der Waals surface area contributed by atoms with Crippen LogP contribution < -0.4 is 5.32 Å².